The van der Waals surface area contributed by atoms with Gasteiger partial charge in [0.2, 0.25) is 0 Å². The van der Waals surface area contributed by atoms with Gasteiger partial charge >= 0.3 is 0 Å². The van der Waals surface area contributed by atoms with Gasteiger partial charge in [-0.05, 0) is 37.6 Å². The SMILES string of the molecule is C=C(NNC(=O)c1ccccc1)c1oc(C)cc1C. The van der Waals surface area contributed by atoms with E-state index in [1.54, 1.807) is 12.1 Å². The quantitative estimate of drug-likeness (QED) is 0.827. The van der Waals surface area contributed by atoms with Crippen LogP contribution in [0.1, 0.15) is 27.4 Å². The first-order valence-corrected chi connectivity index (χ1v) is 5.95. The summed E-state index contributed by atoms with van der Waals surface area (Å²) in [4.78, 5) is 11.8. The minimum atomic E-state index is -0.220. The van der Waals surface area contributed by atoms with Crippen molar-refractivity contribution in [2.75, 3.05) is 0 Å². The van der Waals surface area contributed by atoms with E-state index in [0.717, 1.165) is 11.3 Å². The average molecular weight is 256 g/mol. The molecule has 0 bridgehead atoms. The number of carbonyl (C=O) groups excluding carboxylic acids is 1. The molecule has 0 unspecified atom stereocenters. The van der Waals surface area contributed by atoms with Crippen LogP contribution in [-0.4, -0.2) is 5.91 Å². The van der Waals surface area contributed by atoms with Crippen molar-refractivity contribution in [3.8, 4) is 0 Å². The number of nitrogens with one attached hydrogen (secondary N) is 2. The molecule has 2 rings (SSSR count). The molecule has 0 saturated carbocycles. The highest BCUT2D eigenvalue weighted by Gasteiger charge is 2.10. The number of furan rings is 1. The summed E-state index contributed by atoms with van der Waals surface area (Å²) in [6.07, 6.45) is 0. The first kappa shape index (κ1) is 13.0. The van der Waals surface area contributed by atoms with Crippen LogP contribution in [-0.2, 0) is 0 Å². The summed E-state index contributed by atoms with van der Waals surface area (Å²) in [7, 11) is 0. The smallest absolute Gasteiger partial charge is 0.269 e. The Balaban J connectivity index is 1.98. The minimum Gasteiger partial charge on any atom is -0.460 e. The maximum atomic E-state index is 11.8. The van der Waals surface area contributed by atoms with Gasteiger partial charge in [0, 0.05) is 5.56 Å². The van der Waals surface area contributed by atoms with E-state index in [-0.39, 0.29) is 5.91 Å². The molecule has 0 radical (unpaired) electrons. The lowest BCUT2D eigenvalue weighted by molar-refractivity contribution is 0.0942. The van der Waals surface area contributed by atoms with Gasteiger partial charge in [0.15, 0.2) is 5.76 Å². The van der Waals surface area contributed by atoms with Gasteiger partial charge in [-0.15, -0.1) is 0 Å². The minimum absolute atomic E-state index is 0.220. The molecule has 2 aromatic rings. The molecule has 2 N–H and O–H groups in total. The van der Waals surface area contributed by atoms with E-state index in [1.165, 1.54) is 0 Å². The zero-order valence-electron chi connectivity index (χ0n) is 11.0. The van der Waals surface area contributed by atoms with E-state index in [2.05, 4.69) is 17.4 Å². The Kier molecular flexibility index (Phi) is 3.71. The van der Waals surface area contributed by atoms with E-state index in [0.29, 0.717) is 17.0 Å². The number of aryl methyl sites for hydroxylation is 2. The number of hydrogen-bond donors (Lipinski definition) is 2. The van der Waals surface area contributed by atoms with Crippen LogP contribution in [0, 0.1) is 13.8 Å². The van der Waals surface area contributed by atoms with Crippen molar-refractivity contribution in [2.24, 2.45) is 0 Å². The van der Waals surface area contributed by atoms with E-state index in [4.69, 9.17) is 4.42 Å². The Labute approximate surface area is 112 Å². The van der Waals surface area contributed by atoms with Crippen LogP contribution in [0.25, 0.3) is 5.70 Å². The third-order valence-electron chi connectivity index (χ3n) is 2.68. The van der Waals surface area contributed by atoms with Crippen LogP contribution in [0.2, 0.25) is 0 Å². The van der Waals surface area contributed by atoms with Crippen LogP contribution in [0.3, 0.4) is 0 Å². The zero-order chi connectivity index (χ0) is 13.8. The molecule has 0 saturated heterocycles. The molecule has 1 amide bonds. The monoisotopic (exact) mass is 256 g/mol. The fraction of sp³-hybridized carbons (Fsp3) is 0.133. The van der Waals surface area contributed by atoms with Crippen LogP contribution in [0.5, 0.6) is 0 Å². The molecule has 0 aliphatic carbocycles. The summed E-state index contributed by atoms with van der Waals surface area (Å²) >= 11 is 0. The van der Waals surface area contributed by atoms with Crippen LogP contribution in [0.15, 0.2) is 47.4 Å². The second-order valence-electron chi connectivity index (χ2n) is 4.29. The van der Waals surface area contributed by atoms with Crippen molar-refractivity contribution >= 4 is 11.6 Å². The first-order valence-electron chi connectivity index (χ1n) is 5.95. The molecule has 0 atom stereocenters. The molecule has 0 spiro atoms. The Morgan fingerprint density at radius 1 is 1.16 bits per heavy atom. The number of benzene rings is 1. The normalized spacial score (nSPS) is 10.0. The largest absolute Gasteiger partial charge is 0.460 e. The summed E-state index contributed by atoms with van der Waals surface area (Å²) in [5, 5.41) is 0. The lowest BCUT2D eigenvalue weighted by atomic mass is 10.2. The first-order chi connectivity index (χ1) is 9.08. The Bertz CT molecular complexity index is 600. The molecule has 1 aromatic carbocycles. The number of hydrazine groups is 1. The third-order valence-corrected chi connectivity index (χ3v) is 2.68. The zero-order valence-corrected chi connectivity index (χ0v) is 11.0. The Hall–Kier alpha value is -2.49. The Morgan fingerprint density at radius 2 is 1.84 bits per heavy atom. The second kappa shape index (κ2) is 5.44. The highest BCUT2D eigenvalue weighted by Crippen LogP contribution is 2.18. The third kappa shape index (κ3) is 3.04. The van der Waals surface area contributed by atoms with Gasteiger partial charge in [-0.2, -0.15) is 0 Å². The predicted octanol–water partition coefficient (Wildman–Crippen LogP) is 2.80. The molecule has 1 aromatic heterocycles. The lowest BCUT2D eigenvalue weighted by Gasteiger charge is -2.09. The predicted molar refractivity (Wildman–Crippen MR) is 74.3 cm³/mol. The molecular formula is C15H16N2O2. The van der Waals surface area contributed by atoms with Crippen LogP contribution in [0.4, 0.5) is 0 Å². The van der Waals surface area contributed by atoms with Crippen molar-refractivity contribution in [3.63, 3.8) is 0 Å². The van der Waals surface area contributed by atoms with E-state index in [9.17, 15) is 4.79 Å². The number of rotatable bonds is 4. The van der Waals surface area contributed by atoms with Crippen molar-refractivity contribution in [3.05, 3.63) is 65.6 Å². The van der Waals surface area contributed by atoms with Crippen molar-refractivity contribution < 1.29 is 9.21 Å². The molecule has 19 heavy (non-hydrogen) atoms. The molecule has 1 heterocycles. The highest BCUT2D eigenvalue weighted by atomic mass is 16.3. The molecule has 4 nitrogen and oxygen atoms in total. The van der Waals surface area contributed by atoms with Gasteiger partial charge in [0.05, 0.1) is 5.70 Å². The maximum absolute atomic E-state index is 11.8. The number of amides is 1. The summed E-state index contributed by atoms with van der Waals surface area (Å²) in [5.74, 6) is 1.23. The van der Waals surface area contributed by atoms with Crippen LogP contribution >= 0.6 is 0 Å². The molecule has 0 fully saturated rings. The van der Waals surface area contributed by atoms with E-state index < -0.39 is 0 Å². The summed E-state index contributed by atoms with van der Waals surface area (Å²) in [6, 6.07) is 10.9. The molecule has 4 heteroatoms. The fourth-order valence-corrected chi connectivity index (χ4v) is 1.79. The van der Waals surface area contributed by atoms with Gasteiger partial charge in [-0.1, -0.05) is 24.8 Å². The molecular weight excluding hydrogens is 240 g/mol. The second-order valence-corrected chi connectivity index (χ2v) is 4.29. The molecule has 0 aliphatic heterocycles. The average Bonchev–Trinajstić information content (AvgIpc) is 2.75. The van der Waals surface area contributed by atoms with E-state index >= 15 is 0 Å². The number of carbonyl (C=O) groups is 1. The standard InChI is InChI=1S/C15H16N2O2/c1-10-9-11(2)19-14(10)12(3)16-17-15(18)13-7-5-4-6-8-13/h4-9,16H,3H2,1-2H3,(H,17,18). The van der Waals surface area contributed by atoms with Crippen molar-refractivity contribution in [2.45, 2.75) is 13.8 Å². The summed E-state index contributed by atoms with van der Waals surface area (Å²) < 4.78 is 5.50. The van der Waals surface area contributed by atoms with Gasteiger partial charge in [-0.25, -0.2) is 0 Å². The van der Waals surface area contributed by atoms with Crippen molar-refractivity contribution in [1.29, 1.82) is 0 Å². The maximum Gasteiger partial charge on any atom is 0.269 e. The van der Waals surface area contributed by atoms with Gasteiger partial charge in [-0.3, -0.25) is 15.6 Å². The molecule has 98 valence electrons. The summed E-state index contributed by atoms with van der Waals surface area (Å²) in [5.41, 5.74) is 7.43. The fourth-order valence-electron chi connectivity index (χ4n) is 1.79. The van der Waals surface area contributed by atoms with Crippen molar-refractivity contribution in [1.82, 2.24) is 10.9 Å². The van der Waals surface area contributed by atoms with Gasteiger partial charge < -0.3 is 4.42 Å². The van der Waals surface area contributed by atoms with Gasteiger partial charge in [0.25, 0.3) is 5.91 Å². The van der Waals surface area contributed by atoms with E-state index in [1.807, 2.05) is 38.1 Å². The molecule has 0 aliphatic rings. The van der Waals surface area contributed by atoms with Gasteiger partial charge in [0.1, 0.15) is 5.76 Å². The topological polar surface area (TPSA) is 54.3 Å². The highest BCUT2D eigenvalue weighted by molar-refractivity contribution is 5.94. The number of hydrogen-bond acceptors (Lipinski definition) is 3. The lowest BCUT2D eigenvalue weighted by Crippen LogP contribution is -2.35. The Morgan fingerprint density at radius 3 is 2.42 bits per heavy atom. The van der Waals surface area contributed by atoms with Crippen LogP contribution < -0.4 is 10.9 Å². The summed E-state index contributed by atoms with van der Waals surface area (Å²) in [6.45, 7) is 7.64.